The molecule has 1 saturated carbocycles. The van der Waals surface area contributed by atoms with Crippen molar-refractivity contribution < 1.29 is 23.5 Å². The fourth-order valence-corrected chi connectivity index (χ4v) is 3.42. The van der Waals surface area contributed by atoms with Crippen LogP contribution in [0.1, 0.15) is 54.5 Å². The molecule has 1 aliphatic carbocycles. The van der Waals surface area contributed by atoms with Crippen LogP contribution in [0.3, 0.4) is 0 Å². The molecule has 0 spiro atoms. The van der Waals surface area contributed by atoms with Crippen molar-refractivity contribution in [1.82, 2.24) is 4.98 Å². The molecule has 1 aromatic carbocycles. The van der Waals surface area contributed by atoms with Crippen LogP contribution in [0.15, 0.2) is 34.7 Å². The average molecular weight is 371 g/mol. The number of aryl methyl sites for hydroxylation is 1. The fourth-order valence-electron chi connectivity index (χ4n) is 3.42. The van der Waals surface area contributed by atoms with Crippen molar-refractivity contribution in [1.29, 1.82) is 0 Å². The number of rotatable bonds is 6. The summed E-state index contributed by atoms with van der Waals surface area (Å²) in [5, 5.41) is 0. The maximum Gasteiger partial charge on any atom is 0.311 e. The van der Waals surface area contributed by atoms with Crippen LogP contribution in [0.2, 0.25) is 0 Å². The Bertz CT molecular complexity index is 775. The van der Waals surface area contributed by atoms with Gasteiger partial charge in [-0.15, -0.1) is 0 Å². The highest BCUT2D eigenvalue weighted by Gasteiger charge is 2.31. The second kappa shape index (κ2) is 8.84. The van der Waals surface area contributed by atoms with Crippen molar-refractivity contribution in [2.45, 2.75) is 51.6 Å². The zero-order valence-electron chi connectivity index (χ0n) is 15.8. The monoisotopic (exact) mass is 371 g/mol. The maximum atomic E-state index is 12.3. The van der Waals surface area contributed by atoms with Crippen molar-refractivity contribution in [2.75, 3.05) is 7.11 Å². The first-order valence-corrected chi connectivity index (χ1v) is 9.30. The number of hydrogen-bond acceptors (Lipinski definition) is 6. The lowest BCUT2D eigenvalue weighted by Gasteiger charge is -2.25. The molecule has 1 fully saturated rings. The van der Waals surface area contributed by atoms with E-state index in [4.69, 9.17) is 9.15 Å². The van der Waals surface area contributed by atoms with Gasteiger partial charge in [-0.2, -0.15) is 0 Å². The summed E-state index contributed by atoms with van der Waals surface area (Å²) in [6.45, 7) is 2.12. The van der Waals surface area contributed by atoms with E-state index >= 15 is 0 Å². The number of oxazole rings is 1. The fraction of sp³-hybridized carbons (Fsp3) is 0.476. The van der Waals surface area contributed by atoms with E-state index in [0.717, 1.165) is 31.2 Å². The Kier molecular flexibility index (Phi) is 6.27. The van der Waals surface area contributed by atoms with Crippen LogP contribution in [0.25, 0.3) is 0 Å². The Morgan fingerprint density at radius 3 is 2.52 bits per heavy atom. The van der Waals surface area contributed by atoms with Crippen LogP contribution < -0.4 is 0 Å². The van der Waals surface area contributed by atoms with Gasteiger partial charge in [-0.1, -0.05) is 30.3 Å². The summed E-state index contributed by atoms with van der Waals surface area (Å²) in [6, 6.07) is 9.69. The number of aromatic nitrogens is 1. The molecule has 1 aliphatic rings. The molecular weight excluding hydrogens is 346 g/mol. The van der Waals surface area contributed by atoms with E-state index in [2.05, 4.69) is 9.72 Å². The van der Waals surface area contributed by atoms with Crippen LogP contribution in [-0.4, -0.2) is 24.0 Å². The Hall–Kier alpha value is -2.63. The maximum absolute atomic E-state index is 12.3. The van der Waals surface area contributed by atoms with Crippen LogP contribution in [-0.2, 0) is 32.1 Å². The smallest absolute Gasteiger partial charge is 0.311 e. The van der Waals surface area contributed by atoms with E-state index in [1.165, 1.54) is 7.11 Å². The minimum atomic E-state index is -0.331. The number of carbonyl (C=O) groups excluding carboxylic acids is 2. The Balaban J connectivity index is 1.50. The summed E-state index contributed by atoms with van der Waals surface area (Å²) in [7, 11) is 1.36. The summed E-state index contributed by atoms with van der Waals surface area (Å²) in [5.74, 6) is 0.946. The normalized spacial score (nSPS) is 19.5. The molecule has 0 radical (unpaired) electrons. The average Bonchev–Trinajstić information content (AvgIpc) is 3.07. The second-order valence-corrected chi connectivity index (χ2v) is 6.95. The highest BCUT2D eigenvalue weighted by molar-refractivity contribution is 5.72. The van der Waals surface area contributed by atoms with Crippen LogP contribution in [0, 0.1) is 12.8 Å². The SMILES string of the molecule is COC(=O)Cc1nc(C2CCC(C(=O)OCc3ccccc3)CC2)oc1C. The largest absolute Gasteiger partial charge is 0.469 e. The Morgan fingerprint density at radius 2 is 1.85 bits per heavy atom. The molecule has 0 N–H and O–H groups in total. The molecule has 6 heteroatoms. The molecule has 0 bridgehead atoms. The van der Waals surface area contributed by atoms with E-state index in [0.29, 0.717) is 24.0 Å². The van der Waals surface area contributed by atoms with Gasteiger partial charge in [0.1, 0.15) is 12.4 Å². The van der Waals surface area contributed by atoms with E-state index in [1.54, 1.807) is 6.92 Å². The first-order chi connectivity index (χ1) is 13.1. The number of carbonyl (C=O) groups is 2. The van der Waals surface area contributed by atoms with Crippen LogP contribution in [0.4, 0.5) is 0 Å². The van der Waals surface area contributed by atoms with Gasteiger partial charge in [-0.05, 0) is 38.2 Å². The lowest BCUT2D eigenvalue weighted by atomic mass is 9.82. The zero-order valence-corrected chi connectivity index (χ0v) is 15.8. The summed E-state index contributed by atoms with van der Waals surface area (Å²) >= 11 is 0. The molecule has 0 saturated heterocycles. The summed E-state index contributed by atoms with van der Waals surface area (Å²) < 4.78 is 15.9. The van der Waals surface area contributed by atoms with Gasteiger partial charge in [0.05, 0.1) is 25.1 Å². The predicted octanol–water partition coefficient (Wildman–Crippen LogP) is 3.72. The second-order valence-electron chi connectivity index (χ2n) is 6.95. The third-order valence-corrected chi connectivity index (χ3v) is 5.08. The molecule has 0 aliphatic heterocycles. The van der Waals surface area contributed by atoms with Gasteiger partial charge in [-0.25, -0.2) is 4.98 Å². The van der Waals surface area contributed by atoms with Gasteiger partial charge in [0, 0.05) is 5.92 Å². The highest BCUT2D eigenvalue weighted by Crippen LogP contribution is 2.36. The zero-order chi connectivity index (χ0) is 19.2. The molecule has 1 heterocycles. The van der Waals surface area contributed by atoms with E-state index in [1.807, 2.05) is 30.3 Å². The van der Waals surface area contributed by atoms with Gasteiger partial charge in [0.2, 0.25) is 0 Å². The number of nitrogens with zero attached hydrogens (tertiary/aromatic N) is 1. The summed E-state index contributed by atoms with van der Waals surface area (Å²) in [5.41, 5.74) is 1.62. The third kappa shape index (κ3) is 4.96. The van der Waals surface area contributed by atoms with Crippen LogP contribution in [0.5, 0.6) is 0 Å². The van der Waals surface area contributed by atoms with Gasteiger partial charge in [0.25, 0.3) is 0 Å². The van der Waals surface area contributed by atoms with Gasteiger partial charge >= 0.3 is 11.9 Å². The van der Waals surface area contributed by atoms with Crippen molar-refractivity contribution in [3.8, 4) is 0 Å². The third-order valence-electron chi connectivity index (χ3n) is 5.08. The molecule has 27 heavy (non-hydrogen) atoms. The van der Waals surface area contributed by atoms with E-state index < -0.39 is 0 Å². The van der Waals surface area contributed by atoms with Gasteiger partial charge in [-0.3, -0.25) is 9.59 Å². The summed E-state index contributed by atoms with van der Waals surface area (Å²) in [6.07, 6.45) is 3.27. The molecule has 0 atom stereocenters. The van der Waals surface area contributed by atoms with Crippen molar-refractivity contribution in [2.24, 2.45) is 5.92 Å². The quantitative estimate of drug-likeness (QED) is 0.720. The molecule has 2 aromatic rings. The van der Waals surface area contributed by atoms with Crippen molar-refractivity contribution in [3.05, 3.63) is 53.2 Å². The molecule has 144 valence electrons. The minimum Gasteiger partial charge on any atom is -0.469 e. The van der Waals surface area contributed by atoms with Crippen molar-refractivity contribution in [3.63, 3.8) is 0 Å². The topological polar surface area (TPSA) is 78.6 Å². The predicted molar refractivity (Wildman–Crippen MR) is 97.9 cm³/mol. The standard InChI is InChI=1S/C21H25NO5/c1-14-18(12-19(23)25-2)22-20(27-14)16-8-10-17(11-9-16)21(24)26-13-15-6-4-3-5-7-15/h3-7,16-17H,8-13H2,1-2H3. The Morgan fingerprint density at radius 1 is 1.15 bits per heavy atom. The lowest BCUT2D eigenvalue weighted by Crippen LogP contribution is -2.23. The molecule has 0 unspecified atom stereocenters. The molecule has 3 rings (SSSR count). The first-order valence-electron chi connectivity index (χ1n) is 9.30. The van der Waals surface area contributed by atoms with E-state index in [-0.39, 0.29) is 30.2 Å². The molecule has 0 amide bonds. The number of methoxy groups -OCH3 is 1. The Labute approximate surface area is 158 Å². The minimum absolute atomic E-state index is 0.0736. The number of benzene rings is 1. The van der Waals surface area contributed by atoms with Crippen LogP contribution >= 0.6 is 0 Å². The first kappa shape index (κ1) is 19.1. The number of hydrogen-bond donors (Lipinski definition) is 0. The lowest BCUT2D eigenvalue weighted by molar-refractivity contribution is -0.151. The van der Waals surface area contributed by atoms with Crippen molar-refractivity contribution >= 4 is 11.9 Å². The highest BCUT2D eigenvalue weighted by atomic mass is 16.5. The molecule has 1 aromatic heterocycles. The summed E-state index contributed by atoms with van der Waals surface area (Å²) in [4.78, 5) is 28.2. The number of esters is 2. The van der Waals surface area contributed by atoms with Gasteiger partial charge < -0.3 is 13.9 Å². The van der Waals surface area contributed by atoms with Gasteiger partial charge in [0.15, 0.2) is 5.89 Å². The van der Waals surface area contributed by atoms with E-state index in [9.17, 15) is 9.59 Å². The molecular formula is C21H25NO5. The number of ether oxygens (including phenoxy) is 2. The molecule has 6 nitrogen and oxygen atoms in total.